The second kappa shape index (κ2) is 19.6. The number of nitrogens with one attached hydrogen (secondary N) is 4. The number of pyridine rings is 1. The Kier molecular flexibility index (Phi) is 13.9. The number of H-pyrrole nitrogens is 1. The zero-order valence-electron chi connectivity index (χ0n) is 36.1. The van der Waals surface area contributed by atoms with Crippen molar-refractivity contribution >= 4 is 34.3 Å². The molecule has 0 saturated carbocycles. The number of piperidine rings is 1. The molecule has 5 aromatic carbocycles. The largest absolute Gasteiger partial charge is 0.487 e. The van der Waals surface area contributed by atoms with Gasteiger partial charge in [-0.1, -0.05) is 91.0 Å². The smallest absolute Gasteiger partial charge is 0.411 e. The highest BCUT2D eigenvalue weighted by Crippen LogP contribution is 2.32. The minimum absolute atomic E-state index is 0.108. The van der Waals surface area contributed by atoms with E-state index < -0.39 is 12.2 Å². The first-order valence-electron chi connectivity index (χ1n) is 21.4. The lowest BCUT2D eigenvalue weighted by atomic mass is 9.94. The Morgan fingerprint density at radius 1 is 0.823 bits per heavy atom. The average molecular weight is 837 g/mol. The number of rotatable bonds is 16. The molecule has 1 aliphatic rings. The van der Waals surface area contributed by atoms with Crippen LogP contribution in [0.25, 0.3) is 22.0 Å². The summed E-state index contributed by atoms with van der Waals surface area (Å²) in [6, 6.07) is 40.3. The molecule has 0 bridgehead atoms. The number of amides is 2. The first-order valence-corrected chi connectivity index (χ1v) is 21.4. The third-order valence-electron chi connectivity index (χ3n) is 11.6. The zero-order valence-corrected chi connectivity index (χ0v) is 36.1. The van der Waals surface area contributed by atoms with Gasteiger partial charge < -0.3 is 34.7 Å². The quantitative estimate of drug-likeness (QED) is 0.0614. The van der Waals surface area contributed by atoms with Crippen LogP contribution in [-0.4, -0.2) is 71.9 Å². The molecule has 7 rings (SSSR count). The van der Waals surface area contributed by atoms with Crippen molar-refractivity contribution in [2.75, 3.05) is 44.4 Å². The number of hydrogen-bond donors (Lipinski definition) is 5. The molecule has 11 nitrogen and oxygen atoms in total. The maximum Gasteiger partial charge on any atom is 0.411 e. The monoisotopic (exact) mass is 836 g/mol. The van der Waals surface area contributed by atoms with Crippen molar-refractivity contribution in [3.8, 4) is 16.9 Å². The minimum atomic E-state index is -0.844. The third-order valence-corrected chi connectivity index (χ3v) is 11.6. The number of anilines is 2. The van der Waals surface area contributed by atoms with Crippen LogP contribution in [-0.2, 0) is 29.0 Å². The number of nitrogens with zero attached hydrogens (tertiary/aromatic N) is 1. The van der Waals surface area contributed by atoms with Crippen molar-refractivity contribution in [2.45, 2.75) is 70.3 Å². The Morgan fingerprint density at radius 3 is 2.24 bits per heavy atom. The van der Waals surface area contributed by atoms with Gasteiger partial charge in [0.25, 0.3) is 0 Å². The molecule has 11 heteroatoms. The Hall–Kier alpha value is -6.27. The Labute approximate surface area is 363 Å². The predicted molar refractivity (Wildman–Crippen MR) is 246 cm³/mol. The molecular formula is C51H58N5O6+. The van der Waals surface area contributed by atoms with Gasteiger partial charge in [-0.25, -0.2) is 4.79 Å². The van der Waals surface area contributed by atoms with E-state index in [0.29, 0.717) is 47.7 Å². The summed E-state index contributed by atoms with van der Waals surface area (Å²) in [5.41, 5.74) is 6.84. The van der Waals surface area contributed by atoms with E-state index in [-0.39, 0.29) is 36.1 Å². The van der Waals surface area contributed by atoms with E-state index in [0.717, 1.165) is 63.6 Å². The Morgan fingerprint density at radius 2 is 1.52 bits per heavy atom. The number of aromatic nitrogens is 1. The number of carbonyl (C=O) groups excluding carboxylic acids is 2. The number of aliphatic hydroxyl groups is 1. The van der Waals surface area contributed by atoms with Gasteiger partial charge in [0.05, 0.1) is 44.5 Å². The normalized spacial score (nSPS) is 14.5. The number of aromatic amines is 1. The van der Waals surface area contributed by atoms with Crippen molar-refractivity contribution in [2.24, 2.45) is 0 Å². The summed E-state index contributed by atoms with van der Waals surface area (Å²) in [5.74, 6) is 0.431. The zero-order chi connectivity index (χ0) is 43.7. The molecule has 0 unspecified atom stereocenters. The third kappa shape index (κ3) is 12.0. The van der Waals surface area contributed by atoms with Gasteiger partial charge in [-0.05, 0) is 84.8 Å². The number of hydrogen-bond acceptors (Lipinski definition) is 7. The van der Waals surface area contributed by atoms with E-state index in [4.69, 9.17) is 9.47 Å². The van der Waals surface area contributed by atoms with E-state index in [2.05, 4.69) is 48.9 Å². The highest BCUT2D eigenvalue weighted by Gasteiger charge is 2.29. The number of aliphatic hydroxyl groups excluding tert-OH is 1. The first kappa shape index (κ1) is 43.8. The van der Waals surface area contributed by atoms with Gasteiger partial charge in [0.15, 0.2) is 0 Å². The highest BCUT2D eigenvalue weighted by molar-refractivity contribution is 5.93. The molecule has 0 spiro atoms. The van der Waals surface area contributed by atoms with Gasteiger partial charge in [-0.3, -0.25) is 14.9 Å². The molecule has 2 amide bonds. The van der Waals surface area contributed by atoms with Crippen molar-refractivity contribution in [1.29, 1.82) is 0 Å². The molecule has 322 valence electrons. The van der Waals surface area contributed by atoms with Crippen LogP contribution >= 0.6 is 0 Å². The molecule has 1 aliphatic heterocycles. The molecule has 0 radical (unpaired) electrons. The van der Waals surface area contributed by atoms with Gasteiger partial charge in [0.1, 0.15) is 18.5 Å². The SMILES string of the molecule is CC(C)(Cc1ccc(NC(=O)CCc2ccc(-c3ccccc3)c(NC(=O)OC3CC[N+](C)(C)CC3)c2)cc1)NC[C@H](O)c1ccc(OCc2ccccc2)c2[nH]c(=O)ccc12. The summed E-state index contributed by atoms with van der Waals surface area (Å²) in [6.07, 6.45) is 1.68. The van der Waals surface area contributed by atoms with E-state index in [9.17, 15) is 19.5 Å². The molecule has 5 N–H and O–H groups in total. The summed E-state index contributed by atoms with van der Waals surface area (Å²) >= 11 is 0. The molecular weight excluding hydrogens is 779 g/mol. The molecule has 1 fully saturated rings. The lowest BCUT2D eigenvalue weighted by molar-refractivity contribution is -0.896. The lowest BCUT2D eigenvalue weighted by Gasteiger charge is -2.36. The van der Waals surface area contributed by atoms with Crippen molar-refractivity contribution < 1.29 is 28.7 Å². The number of fused-ring (bicyclic) bond motifs is 1. The molecule has 1 aromatic heterocycles. The van der Waals surface area contributed by atoms with Crippen LogP contribution < -0.4 is 26.2 Å². The lowest BCUT2D eigenvalue weighted by Crippen LogP contribution is -2.48. The number of carbonyl (C=O) groups is 2. The topological polar surface area (TPSA) is 142 Å². The van der Waals surface area contributed by atoms with Gasteiger partial charge in [-0.2, -0.15) is 0 Å². The van der Waals surface area contributed by atoms with Crippen LogP contribution in [0, 0.1) is 0 Å². The van der Waals surface area contributed by atoms with Gasteiger partial charge >= 0.3 is 6.09 Å². The van der Waals surface area contributed by atoms with Crippen molar-refractivity contribution in [3.63, 3.8) is 0 Å². The number of likely N-dealkylation sites (tertiary alicyclic amines) is 1. The maximum atomic E-state index is 13.1. The number of aryl methyl sites for hydroxylation is 1. The summed E-state index contributed by atoms with van der Waals surface area (Å²) in [7, 11) is 4.39. The van der Waals surface area contributed by atoms with Crippen LogP contribution in [0.1, 0.15) is 61.5 Å². The molecule has 62 heavy (non-hydrogen) atoms. The molecule has 2 heterocycles. The van der Waals surface area contributed by atoms with Crippen LogP contribution in [0.3, 0.4) is 0 Å². The van der Waals surface area contributed by atoms with E-state index >= 15 is 0 Å². The Balaban J connectivity index is 0.912. The fourth-order valence-electron chi connectivity index (χ4n) is 8.01. The van der Waals surface area contributed by atoms with E-state index in [1.807, 2.05) is 109 Å². The maximum absolute atomic E-state index is 13.1. The van der Waals surface area contributed by atoms with E-state index in [1.165, 1.54) is 6.07 Å². The minimum Gasteiger partial charge on any atom is -0.487 e. The van der Waals surface area contributed by atoms with Crippen LogP contribution in [0.2, 0.25) is 0 Å². The summed E-state index contributed by atoms with van der Waals surface area (Å²) in [4.78, 5) is 41.4. The first-order chi connectivity index (χ1) is 29.8. The fraction of sp³-hybridized carbons (Fsp3) is 0.314. The number of ether oxygens (including phenoxy) is 2. The van der Waals surface area contributed by atoms with Crippen LogP contribution in [0.5, 0.6) is 5.75 Å². The predicted octanol–water partition coefficient (Wildman–Crippen LogP) is 8.78. The number of quaternary nitrogens is 1. The molecule has 1 saturated heterocycles. The second-order valence-electron chi connectivity index (χ2n) is 17.6. The standard InChI is InChI=1S/C51H57N5O6/c1-51(2,52-33-45(57)42-22-24-46(49-43(42)23-26-48(59)55-49)61-34-37-11-7-5-8-12-37)32-36-15-19-39(20-16-36)53-47(58)25-18-35-17-21-41(38-13-9-6-10-14-38)44(31-35)54-50(60)62-40-27-29-56(3,4)30-28-40/h5-17,19-24,26,31,40,45,52,57H,18,25,27-30,32-34H2,1-4H3,(H2-,53,54,55,58,59,60)/p+1/t45-/m0/s1. The summed E-state index contributed by atoms with van der Waals surface area (Å²) < 4.78 is 12.9. The van der Waals surface area contributed by atoms with Gasteiger partial charge in [0.2, 0.25) is 11.5 Å². The number of β-amino-alcohol motifs (C(OH)–C–C–N with tert-alkyl or cyclic N) is 1. The van der Waals surface area contributed by atoms with Crippen LogP contribution in [0.4, 0.5) is 16.2 Å². The van der Waals surface area contributed by atoms with Crippen molar-refractivity contribution in [3.05, 3.63) is 160 Å². The molecule has 1 atom stereocenters. The fourth-order valence-corrected chi connectivity index (χ4v) is 8.01. The highest BCUT2D eigenvalue weighted by atomic mass is 16.6. The second-order valence-corrected chi connectivity index (χ2v) is 17.6. The van der Waals surface area contributed by atoms with Gasteiger partial charge in [-0.15, -0.1) is 0 Å². The van der Waals surface area contributed by atoms with Gasteiger partial charge in [0, 0.05) is 54.0 Å². The molecule has 6 aromatic rings. The van der Waals surface area contributed by atoms with Crippen molar-refractivity contribution in [1.82, 2.24) is 10.3 Å². The van der Waals surface area contributed by atoms with E-state index in [1.54, 1.807) is 12.1 Å². The summed E-state index contributed by atoms with van der Waals surface area (Å²) in [6.45, 7) is 6.73. The van der Waals surface area contributed by atoms with Crippen LogP contribution in [0.15, 0.2) is 132 Å². The summed E-state index contributed by atoms with van der Waals surface area (Å²) in [5, 5.41) is 21.6. The molecule has 0 aliphatic carbocycles. The average Bonchev–Trinajstić information content (AvgIpc) is 3.26. The number of benzene rings is 5. The Bertz CT molecular complexity index is 2510.